The van der Waals surface area contributed by atoms with E-state index < -0.39 is 20.0 Å². The predicted octanol–water partition coefficient (Wildman–Crippen LogP) is 15.2. The Morgan fingerprint density at radius 1 is 0.532 bits per heavy atom. The first kappa shape index (κ1) is 60.5. The Balaban J connectivity index is 4.38. The van der Waals surface area contributed by atoms with Gasteiger partial charge in [0.15, 0.2) is 0 Å². The van der Waals surface area contributed by atoms with E-state index in [-0.39, 0.29) is 19.1 Å². The zero-order chi connectivity index (χ0) is 45.7. The number of hydrogen-bond donors (Lipinski definition) is 3. The molecule has 9 heteroatoms. The van der Waals surface area contributed by atoms with Gasteiger partial charge in [-0.3, -0.25) is 13.8 Å². The first-order chi connectivity index (χ1) is 30.0. The maximum absolute atomic E-state index is 12.9. The summed E-state index contributed by atoms with van der Waals surface area (Å²) in [5.74, 6) is -0.199. The molecule has 0 spiro atoms. The van der Waals surface area contributed by atoms with Crippen LogP contribution in [0.4, 0.5) is 0 Å². The number of rotatable bonds is 47. The minimum atomic E-state index is -4.36. The largest absolute Gasteiger partial charge is 0.472 e. The first-order valence-corrected chi connectivity index (χ1v) is 27.5. The van der Waals surface area contributed by atoms with Crippen LogP contribution in [0.15, 0.2) is 48.6 Å². The average Bonchev–Trinajstić information content (AvgIpc) is 3.23. The molecule has 0 radical (unpaired) electrons. The van der Waals surface area contributed by atoms with Gasteiger partial charge in [-0.25, -0.2) is 4.57 Å². The molecule has 3 atom stereocenters. The van der Waals surface area contributed by atoms with Gasteiger partial charge in [0.1, 0.15) is 13.2 Å². The number of nitrogens with zero attached hydrogens (tertiary/aromatic N) is 1. The van der Waals surface area contributed by atoms with Crippen molar-refractivity contribution in [1.29, 1.82) is 0 Å². The van der Waals surface area contributed by atoms with Crippen molar-refractivity contribution in [3.05, 3.63) is 48.6 Å². The maximum Gasteiger partial charge on any atom is 0.472 e. The van der Waals surface area contributed by atoms with E-state index in [4.69, 9.17) is 9.05 Å². The number of aliphatic hydroxyl groups excluding tert-OH is 1. The van der Waals surface area contributed by atoms with Gasteiger partial charge >= 0.3 is 7.82 Å². The third-order valence-electron chi connectivity index (χ3n) is 11.5. The maximum atomic E-state index is 12.9. The molecule has 0 aromatic carbocycles. The summed E-state index contributed by atoms with van der Waals surface area (Å²) in [6.07, 6.45) is 57.7. The summed E-state index contributed by atoms with van der Waals surface area (Å²) in [6.45, 7) is 4.79. The van der Waals surface area contributed by atoms with Gasteiger partial charge < -0.3 is 19.8 Å². The van der Waals surface area contributed by atoms with Gasteiger partial charge in [-0.1, -0.05) is 204 Å². The summed E-state index contributed by atoms with van der Waals surface area (Å²) in [5.41, 5.74) is 0. The van der Waals surface area contributed by atoms with Crippen LogP contribution in [-0.2, 0) is 18.4 Å². The van der Waals surface area contributed by atoms with Crippen molar-refractivity contribution in [2.45, 2.75) is 244 Å². The van der Waals surface area contributed by atoms with Gasteiger partial charge in [0.2, 0.25) is 5.91 Å². The molecule has 0 heterocycles. The Hall–Kier alpha value is -1.54. The van der Waals surface area contributed by atoms with E-state index in [9.17, 15) is 19.4 Å². The van der Waals surface area contributed by atoms with Crippen molar-refractivity contribution in [1.82, 2.24) is 5.32 Å². The molecule has 0 aliphatic carbocycles. The molecule has 0 rings (SSSR count). The number of allylic oxidation sites excluding steroid dienone is 7. The summed E-state index contributed by atoms with van der Waals surface area (Å²) >= 11 is 0. The van der Waals surface area contributed by atoms with Gasteiger partial charge in [-0.05, 0) is 70.6 Å². The smallest absolute Gasteiger partial charge is 0.387 e. The number of quaternary nitrogens is 1. The number of hydrogen-bond acceptors (Lipinski definition) is 5. The van der Waals surface area contributed by atoms with Gasteiger partial charge in [0.25, 0.3) is 0 Å². The Bertz CT molecular complexity index is 1150. The molecule has 8 nitrogen and oxygen atoms in total. The molecule has 0 saturated carbocycles. The lowest BCUT2D eigenvalue weighted by molar-refractivity contribution is -0.870. The Morgan fingerprint density at radius 2 is 0.887 bits per heavy atom. The van der Waals surface area contributed by atoms with Crippen molar-refractivity contribution in [3.63, 3.8) is 0 Å². The van der Waals surface area contributed by atoms with Gasteiger partial charge in [0, 0.05) is 6.42 Å². The fourth-order valence-electron chi connectivity index (χ4n) is 7.36. The van der Waals surface area contributed by atoms with Gasteiger partial charge in [0.05, 0.1) is 39.9 Å². The molecule has 0 saturated heterocycles. The van der Waals surface area contributed by atoms with E-state index in [1.54, 1.807) is 6.08 Å². The molecule has 1 amide bonds. The topological polar surface area (TPSA) is 105 Å². The highest BCUT2D eigenvalue weighted by Crippen LogP contribution is 2.43. The van der Waals surface area contributed by atoms with Crippen LogP contribution < -0.4 is 5.32 Å². The van der Waals surface area contributed by atoms with Crippen LogP contribution in [0.1, 0.15) is 232 Å². The lowest BCUT2D eigenvalue weighted by Gasteiger charge is -2.25. The van der Waals surface area contributed by atoms with Crippen LogP contribution >= 0.6 is 7.82 Å². The second-order valence-corrected chi connectivity index (χ2v) is 20.3. The Labute approximate surface area is 384 Å². The molecule has 3 unspecified atom stereocenters. The summed E-state index contributed by atoms with van der Waals surface area (Å²) in [7, 11) is 1.54. The minimum absolute atomic E-state index is 0.0512. The zero-order valence-corrected chi connectivity index (χ0v) is 42.3. The first-order valence-electron chi connectivity index (χ1n) is 26.0. The molecule has 0 fully saturated rings. The molecule has 0 aromatic heterocycles. The van der Waals surface area contributed by atoms with Crippen LogP contribution in [0, 0.1) is 0 Å². The fourth-order valence-corrected chi connectivity index (χ4v) is 8.10. The number of nitrogens with one attached hydrogen (secondary N) is 1. The second-order valence-electron chi connectivity index (χ2n) is 18.9. The van der Waals surface area contributed by atoms with E-state index in [1.807, 2.05) is 27.2 Å². The van der Waals surface area contributed by atoms with E-state index >= 15 is 0 Å². The quantitative estimate of drug-likeness (QED) is 0.0243. The third kappa shape index (κ3) is 46.5. The van der Waals surface area contributed by atoms with E-state index in [1.165, 1.54) is 154 Å². The summed E-state index contributed by atoms with van der Waals surface area (Å²) in [6, 6.07) is -0.874. The molecular formula is C53H102N2O6P+. The number of likely N-dealkylation sites (N-methyl/N-ethyl adjacent to an activating group) is 1. The number of aliphatic hydroxyl groups is 1. The highest BCUT2D eigenvalue weighted by atomic mass is 31.2. The zero-order valence-electron chi connectivity index (χ0n) is 41.4. The Kier molecular flexibility index (Phi) is 43.5. The number of carbonyl (C=O) groups is 1. The lowest BCUT2D eigenvalue weighted by Crippen LogP contribution is -2.45. The monoisotopic (exact) mass is 894 g/mol. The van der Waals surface area contributed by atoms with Crippen LogP contribution in [0.5, 0.6) is 0 Å². The van der Waals surface area contributed by atoms with Crippen molar-refractivity contribution < 1.29 is 32.9 Å². The number of phosphoric acid groups is 1. The molecule has 364 valence electrons. The highest BCUT2D eigenvalue weighted by molar-refractivity contribution is 7.47. The van der Waals surface area contributed by atoms with Crippen molar-refractivity contribution in [3.8, 4) is 0 Å². The molecule has 0 aliphatic rings. The minimum Gasteiger partial charge on any atom is -0.387 e. The highest BCUT2D eigenvalue weighted by Gasteiger charge is 2.27. The summed E-state index contributed by atoms with van der Waals surface area (Å²) < 4.78 is 23.6. The number of phosphoric ester groups is 1. The van der Waals surface area contributed by atoms with E-state index in [0.29, 0.717) is 17.4 Å². The van der Waals surface area contributed by atoms with Crippen molar-refractivity contribution >= 4 is 13.7 Å². The molecule has 0 aliphatic heterocycles. The molecule has 3 N–H and O–H groups in total. The van der Waals surface area contributed by atoms with Crippen molar-refractivity contribution in [2.24, 2.45) is 0 Å². The summed E-state index contributed by atoms with van der Waals surface area (Å²) in [4.78, 5) is 23.2. The lowest BCUT2D eigenvalue weighted by atomic mass is 10.0. The van der Waals surface area contributed by atoms with Crippen molar-refractivity contribution in [2.75, 3.05) is 40.9 Å². The number of carbonyl (C=O) groups excluding carboxylic acids is 1. The Morgan fingerprint density at radius 3 is 1.29 bits per heavy atom. The number of amides is 1. The van der Waals surface area contributed by atoms with Crippen LogP contribution in [0.3, 0.4) is 0 Å². The predicted molar refractivity (Wildman–Crippen MR) is 267 cm³/mol. The van der Waals surface area contributed by atoms with E-state index in [0.717, 1.165) is 57.8 Å². The third-order valence-corrected chi connectivity index (χ3v) is 12.5. The standard InChI is InChI=1S/C53H101N2O6P/c1-6-8-10-12-14-16-18-20-22-24-25-26-27-28-29-30-31-32-34-36-38-40-42-44-46-52(56)51(50-61-62(58,59)60-49-48-55(3,4)5)54-53(57)47-45-43-41-39-37-35-33-23-21-19-17-15-13-11-9-7-2/h23,30-31,33,36,38,44,46,51-52,56H,6-22,24-29,32,34-35,37,39-43,45,47-50H2,1-5H3,(H-,54,57,58,59)/p+1/b31-30+,33-23-,38-36+,46-44+. The molecule has 62 heavy (non-hydrogen) atoms. The van der Waals surface area contributed by atoms with Crippen LogP contribution in [0.25, 0.3) is 0 Å². The SMILES string of the molecule is CCCCCCCCC/C=C\CCCCCCCC(=O)NC(COP(=O)(O)OCC[N+](C)(C)C)C(O)/C=C/CC/C=C/CC/C=C/CCCCCCCCCCCCCCCC. The fraction of sp³-hybridized carbons (Fsp3) is 0.830. The van der Waals surface area contributed by atoms with E-state index in [2.05, 4.69) is 55.6 Å². The van der Waals surface area contributed by atoms with Gasteiger partial charge in [-0.15, -0.1) is 0 Å². The summed E-state index contributed by atoms with van der Waals surface area (Å²) in [5, 5.41) is 13.9. The molecular weight excluding hydrogens is 792 g/mol. The average molecular weight is 894 g/mol. The number of unbranched alkanes of at least 4 members (excludes halogenated alkanes) is 28. The normalized spacial score (nSPS) is 14.5. The molecule has 0 aromatic rings. The molecule has 0 bridgehead atoms. The van der Waals surface area contributed by atoms with Crippen LogP contribution in [-0.4, -0.2) is 73.4 Å². The van der Waals surface area contributed by atoms with Gasteiger partial charge in [-0.2, -0.15) is 0 Å². The second kappa shape index (κ2) is 44.7. The van der Waals surface area contributed by atoms with Crippen LogP contribution in [0.2, 0.25) is 0 Å².